The Hall–Kier alpha value is -0.670. The first kappa shape index (κ1) is 7.44. The van der Waals surface area contributed by atoms with Crippen molar-refractivity contribution in [3.8, 4) is 0 Å². The molecule has 0 bridgehead atoms. The Balaban J connectivity index is 2.82. The molecule has 0 aromatic heterocycles. The second-order valence-corrected chi connectivity index (χ2v) is 2.67. The minimum absolute atomic E-state index is 0.331. The van der Waals surface area contributed by atoms with Crippen LogP contribution in [0.15, 0.2) is 0 Å². The summed E-state index contributed by atoms with van der Waals surface area (Å²) < 4.78 is 24.9. The fraction of sp³-hybridized carbons (Fsp3) is 0.833. The lowest BCUT2D eigenvalue weighted by molar-refractivity contribution is -0.146. The fourth-order valence-electron chi connectivity index (χ4n) is 1.05. The van der Waals surface area contributed by atoms with Crippen LogP contribution >= 0.6 is 0 Å². The van der Waals surface area contributed by atoms with Crippen LogP contribution in [0.25, 0.3) is 0 Å². The molecular formula is C6H9F2NO. The van der Waals surface area contributed by atoms with Gasteiger partial charge in [0.25, 0.3) is 5.91 Å². The van der Waals surface area contributed by atoms with E-state index < -0.39 is 11.8 Å². The van der Waals surface area contributed by atoms with E-state index in [-0.39, 0.29) is 12.5 Å². The molecule has 58 valence electrons. The number of carbonyl (C=O) groups is 1. The number of hydrogen-bond donors (Lipinski definition) is 0. The van der Waals surface area contributed by atoms with Crippen molar-refractivity contribution < 1.29 is 13.6 Å². The summed E-state index contributed by atoms with van der Waals surface area (Å²) in [4.78, 5) is 11.7. The normalized spacial score (nSPS) is 31.4. The molecule has 0 unspecified atom stereocenters. The SMILES string of the molecule is C[C@H]1CC(F)(F)C(=O)N1C. The molecule has 1 rings (SSSR count). The van der Waals surface area contributed by atoms with Gasteiger partial charge in [-0.15, -0.1) is 0 Å². The third kappa shape index (κ3) is 0.874. The Morgan fingerprint density at radius 2 is 2.20 bits per heavy atom. The monoisotopic (exact) mass is 149 g/mol. The summed E-state index contributed by atoms with van der Waals surface area (Å²) in [7, 11) is 1.40. The highest BCUT2D eigenvalue weighted by atomic mass is 19.3. The molecule has 1 aliphatic heterocycles. The van der Waals surface area contributed by atoms with Gasteiger partial charge >= 0.3 is 5.92 Å². The maximum Gasteiger partial charge on any atom is 0.326 e. The quantitative estimate of drug-likeness (QED) is 0.500. The first-order valence-electron chi connectivity index (χ1n) is 3.10. The lowest BCUT2D eigenvalue weighted by Crippen LogP contribution is -2.31. The van der Waals surface area contributed by atoms with E-state index in [9.17, 15) is 13.6 Å². The van der Waals surface area contributed by atoms with Crippen molar-refractivity contribution in [1.82, 2.24) is 4.90 Å². The van der Waals surface area contributed by atoms with E-state index in [0.29, 0.717) is 0 Å². The molecule has 0 radical (unpaired) electrons. The van der Waals surface area contributed by atoms with Gasteiger partial charge in [-0.2, -0.15) is 8.78 Å². The Bertz CT molecular complexity index is 169. The summed E-state index contributed by atoms with van der Waals surface area (Å²) >= 11 is 0. The number of halogens is 2. The van der Waals surface area contributed by atoms with Crippen LogP contribution in [-0.2, 0) is 4.79 Å². The molecule has 1 fully saturated rings. The van der Waals surface area contributed by atoms with Crippen LogP contribution in [0, 0.1) is 0 Å². The molecule has 10 heavy (non-hydrogen) atoms. The van der Waals surface area contributed by atoms with Crippen LogP contribution in [0.4, 0.5) is 8.78 Å². The number of alkyl halides is 2. The van der Waals surface area contributed by atoms with Gasteiger partial charge in [-0.3, -0.25) is 4.79 Å². The highest BCUT2D eigenvalue weighted by molar-refractivity contribution is 5.85. The van der Waals surface area contributed by atoms with Gasteiger partial charge in [0.05, 0.1) is 0 Å². The molecule has 0 aromatic carbocycles. The molecule has 4 heteroatoms. The first-order valence-corrected chi connectivity index (χ1v) is 3.10. The zero-order valence-corrected chi connectivity index (χ0v) is 5.90. The number of likely N-dealkylation sites (tertiary alicyclic amines) is 1. The minimum Gasteiger partial charge on any atom is -0.338 e. The Labute approximate surface area is 57.8 Å². The fourth-order valence-corrected chi connectivity index (χ4v) is 1.05. The predicted molar refractivity (Wildman–Crippen MR) is 31.8 cm³/mol. The lowest BCUT2D eigenvalue weighted by Gasteiger charge is -2.12. The van der Waals surface area contributed by atoms with Crippen molar-refractivity contribution in [3.63, 3.8) is 0 Å². The van der Waals surface area contributed by atoms with Crippen molar-refractivity contribution in [2.45, 2.75) is 25.3 Å². The molecule has 1 aliphatic rings. The van der Waals surface area contributed by atoms with Gasteiger partial charge in [-0.25, -0.2) is 0 Å². The summed E-state index contributed by atoms with van der Waals surface area (Å²) in [6.45, 7) is 1.61. The molecule has 0 aromatic rings. The van der Waals surface area contributed by atoms with Crippen molar-refractivity contribution in [2.75, 3.05) is 7.05 Å². The largest absolute Gasteiger partial charge is 0.338 e. The maximum absolute atomic E-state index is 12.4. The van der Waals surface area contributed by atoms with Crippen molar-refractivity contribution >= 4 is 5.91 Å². The topological polar surface area (TPSA) is 20.3 Å². The van der Waals surface area contributed by atoms with Crippen molar-refractivity contribution in [1.29, 1.82) is 0 Å². The highest BCUT2D eigenvalue weighted by Gasteiger charge is 2.50. The van der Waals surface area contributed by atoms with Crippen LogP contribution in [0.2, 0.25) is 0 Å². The Kier molecular flexibility index (Phi) is 1.42. The molecule has 2 nitrogen and oxygen atoms in total. The average Bonchev–Trinajstić information content (AvgIpc) is 1.95. The summed E-state index contributed by atoms with van der Waals surface area (Å²) in [5.41, 5.74) is 0. The van der Waals surface area contributed by atoms with E-state index >= 15 is 0 Å². The Morgan fingerprint density at radius 3 is 2.30 bits per heavy atom. The molecule has 0 aliphatic carbocycles. The predicted octanol–water partition coefficient (Wildman–Crippen LogP) is 0.872. The zero-order valence-electron chi connectivity index (χ0n) is 5.90. The number of rotatable bonds is 0. The maximum atomic E-state index is 12.4. The zero-order chi connectivity index (χ0) is 7.94. The van der Waals surface area contributed by atoms with Gasteiger partial charge in [0.1, 0.15) is 0 Å². The van der Waals surface area contributed by atoms with E-state index in [0.717, 1.165) is 4.90 Å². The van der Waals surface area contributed by atoms with E-state index in [2.05, 4.69) is 0 Å². The smallest absolute Gasteiger partial charge is 0.326 e. The van der Waals surface area contributed by atoms with Gasteiger partial charge in [-0.05, 0) is 6.92 Å². The van der Waals surface area contributed by atoms with Crippen LogP contribution in [0.5, 0.6) is 0 Å². The molecule has 1 saturated heterocycles. The van der Waals surface area contributed by atoms with Crippen LogP contribution in [-0.4, -0.2) is 29.8 Å². The second-order valence-electron chi connectivity index (χ2n) is 2.67. The van der Waals surface area contributed by atoms with E-state index in [1.54, 1.807) is 6.92 Å². The first-order chi connectivity index (χ1) is 4.45. The van der Waals surface area contributed by atoms with E-state index in [1.165, 1.54) is 7.05 Å². The van der Waals surface area contributed by atoms with Crippen LogP contribution < -0.4 is 0 Å². The molecule has 0 spiro atoms. The number of hydrogen-bond acceptors (Lipinski definition) is 1. The molecular weight excluding hydrogens is 140 g/mol. The van der Waals surface area contributed by atoms with Gasteiger partial charge in [0.15, 0.2) is 0 Å². The summed E-state index contributed by atoms with van der Waals surface area (Å²) in [6, 6.07) is -0.331. The van der Waals surface area contributed by atoms with E-state index in [1.807, 2.05) is 0 Å². The summed E-state index contributed by atoms with van der Waals surface area (Å²) in [5.74, 6) is -4.17. The van der Waals surface area contributed by atoms with Crippen LogP contribution in [0.3, 0.4) is 0 Å². The number of amides is 1. The molecule has 1 heterocycles. The highest BCUT2D eigenvalue weighted by Crippen LogP contribution is 2.31. The number of carbonyl (C=O) groups excluding carboxylic acids is 1. The molecule has 0 N–H and O–H groups in total. The van der Waals surface area contributed by atoms with E-state index in [4.69, 9.17) is 0 Å². The molecule has 1 amide bonds. The molecule has 1 atom stereocenters. The third-order valence-electron chi connectivity index (χ3n) is 1.85. The van der Waals surface area contributed by atoms with Gasteiger partial charge in [-0.1, -0.05) is 0 Å². The van der Waals surface area contributed by atoms with Crippen molar-refractivity contribution in [3.05, 3.63) is 0 Å². The third-order valence-corrected chi connectivity index (χ3v) is 1.85. The summed E-state index contributed by atoms with van der Waals surface area (Å²) in [5, 5.41) is 0. The number of nitrogens with zero attached hydrogens (tertiary/aromatic N) is 1. The van der Waals surface area contributed by atoms with Gasteiger partial charge < -0.3 is 4.90 Å². The molecule has 0 saturated carbocycles. The van der Waals surface area contributed by atoms with Crippen LogP contribution in [0.1, 0.15) is 13.3 Å². The minimum atomic E-state index is -3.12. The summed E-state index contributed by atoms with van der Waals surface area (Å²) in [6.07, 6.45) is -0.345. The average molecular weight is 149 g/mol. The van der Waals surface area contributed by atoms with Gasteiger partial charge in [0, 0.05) is 19.5 Å². The van der Waals surface area contributed by atoms with Crippen molar-refractivity contribution in [2.24, 2.45) is 0 Å². The second kappa shape index (κ2) is 1.90. The van der Waals surface area contributed by atoms with Gasteiger partial charge in [0.2, 0.25) is 0 Å². The standard InChI is InChI=1S/C6H9F2NO/c1-4-3-6(7,8)5(10)9(4)2/h4H,3H2,1-2H3/t4-/m0/s1. The Morgan fingerprint density at radius 1 is 1.70 bits per heavy atom. The lowest BCUT2D eigenvalue weighted by atomic mass is 10.2.